The van der Waals surface area contributed by atoms with E-state index in [0.717, 1.165) is 48.6 Å². The molecule has 5 atom stereocenters. The molecule has 1 saturated heterocycles. The Morgan fingerprint density at radius 1 is 0.813 bits per heavy atom. The Morgan fingerprint density at radius 2 is 1.54 bits per heavy atom. The van der Waals surface area contributed by atoms with Crippen LogP contribution in [-0.4, -0.2) is 202 Å². The zero-order valence-corrected chi connectivity index (χ0v) is 63.3. The highest BCUT2D eigenvalue weighted by Gasteiger charge is 2.43. The predicted molar refractivity (Wildman–Crippen MR) is 405 cm³/mol. The van der Waals surface area contributed by atoms with Gasteiger partial charge in [0.1, 0.15) is 48.1 Å². The number of fused-ring (bicyclic) bond motifs is 4. The molecule has 29 nitrogen and oxygen atoms in total. The number of likely N-dealkylation sites (tertiary alicyclic amines) is 1. The van der Waals surface area contributed by atoms with E-state index in [0.29, 0.717) is 58.1 Å². The van der Waals surface area contributed by atoms with E-state index in [1.54, 1.807) is 89.8 Å². The van der Waals surface area contributed by atoms with Crippen LogP contribution in [0.5, 0.6) is 11.5 Å². The minimum Gasteiger partial charge on any atom is -0.508 e. The van der Waals surface area contributed by atoms with Crippen molar-refractivity contribution in [2.75, 3.05) is 101 Å². The summed E-state index contributed by atoms with van der Waals surface area (Å²) in [7, 11) is 1.50. The minimum absolute atomic E-state index is 0.00549. The second-order valence-corrected chi connectivity index (χ2v) is 29.2. The van der Waals surface area contributed by atoms with Crippen molar-refractivity contribution in [1.82, 2.24) is 40.0 Å². The van der Waals surface area contributed by atoms with Crippen LogP contribution in [0.3, 0.4) is 0 Å². The van der Waals surface area contributed by atoms with Gasteiger partial charge in [-0.3, -0.25) is 33.7 Å². The molecular formula is C77H102N12O17S. The van der Waals surface area contributed by atoms with Crippen molar-refractivity contribution in [3.05, 3.63) is 125 Å². The lowest BCUT2D eigenvalue weighted by Crippen LogP contribution is -2.54. The summed E-state index contributed by atoms with van der Waals surface area (Å²) in [6.45, 7) is 15.9. The second kappa shape index (κ2) is 39.5. The van der Waals surface area contributed by atoms with E-state index in [9.17, 15) is 58.2 Å². The molecule has 2 unspecified atom stereocenters. The number of aliphatic hydroxyl groups is 1. The molecule has 6 aromatic rings. The number of hydrogen-bond donors (Lipinski definition) is 8. The molecule has 0 spiro atoms. The molecule has 1 fully saturated rings. The average molecular weight is 1500 g/mol. The minimum atomic E-state index is -1.16. The van der Waals surface area contributed by atoms with Crippen LogP contribution >= 0.6 is 11.8 Å². The van der Waals surface area contributed by atoms with Gasteiger partial charge in [-0.05, 0) is 121 Å². The Bertz CT molecular complexity index is 4100. The fraction of sp³-hybridized carbons (Fsp3) is 0.494. The number of likely N-dealkylation sites (N-methyl/N-ethyl adjacent to an activating group) is 1. The van der Waals surface area contributed by atoms with Crippen LogP contribution in [0.25, 0.3) is 16.4 Å². The van der Waals surface area contributed by atoms with Gasteiger partial charge >= 0.3 is 24.3 Å². The molecule has 9 N–H and O–H groups in total. The Morgan fingerprint density at radius 3 is 2.23 bits per heavy atom. The molecule has 107 heavy (non-hydrogen) atoms. The number of alkyl carbamates (subject to hydrolysis) is 1. The van der Waals surface area contributed by atoms with Crippen LogP contribution < -0.4 is 42.0 Å². The maximum atomic E-state index is 14.7. The van der Waals surface area contributed by atoms with Crippen molar-refractivity contribution in [2.24, 2.45) is 17.6 Å². The number of carbonyl (C=O) groups is 10. The number of imide groups is 1. The maximum Gasteiger partial charge on any atom is 0.415 e. The van der Waals surface area contributed by atoms with Gasteiger partial charge in [-0.15, -0.1) is 11.8 Å². The molecule has 0 aliphatic carbocycles. The van der Waals surface area contributed by atoms with Crippen LogP contribution in [0.2, 0.25) is 0 Å². The van der Waals surface area contributed by atoms with Gasteiger partial charge in [0.05, 0.1) is 56.2 Å². The Hall–Kier alpha value is -10.0. The van der Waals surface area contributed by atoms with E-state index >= 15 is 0 Å². The number of aromatic nitrogens is 2. The van der Waals surface area contributed by atoms with Crippen LogP contribution in [0, 0.1) is 18.8 Å². The number of phenols is 1. The summed E-state index contributed by atoms with van der Waals surface area (Å²) in [5, 5.41) is 33.6. The van der Waals surface area contributed by atoms with Crippen LogP contribution in [0.15, 0.2) is 97.3 Å². The number of amides is 11. The SMILES string of the molecule is CCCC(C)(CC(CC)CC)SC1CC(=O)N(CCOCCOC(=O)N[C@H](C(=O)N[C@@H](CCCNC(N)=O)C(=O)Nc2ccc(COC(=O)N(C)CCN(CCOCCO)C(=O)Oc3cc4c(c5c(C)cccc35)[C@H](CC)CN4C(=O)c3cn4cc(NC(=O)c5ccc(O)cc5)ccc4n3)cc2)C(C)C)C1=O. The fourth-order valence-electron chi connectivity index (χ4n) is 13.2. The van der Waals surface area contributed by atoms with E-state index in [1.165, 1.54) is 46.0 Å². The van der Waals surface area contributed by atoms with Crippen molar-refractivity contribution >= 4 is 105 Å². The summed E-state index contributed by atoms with van der Waals surface area (Å²) in [4.78, 5) is 145. The van der Waals surface area contributed by atoms with E-state index in [4.69, 9.17) is 29.4 Å². The van der Waals surface area contributed by atoms with Gasteiger partial charge in [0, 0.05) is 92.0 Å². The maximum absolute atomic E-state index is 14.7. The Labute approximate surface area is 627 Å². The molecule has 2 aromatic heterocycles. The number of hydrogen-bond acceptors (Lipinski definition) is 19. The Kier molecular flexibility index (Phi) is 30.5. The van der Waals surface area contributed by atoms with Gasteiger partial charge in [0.15, 0.2) is 0 Å². The molecule has 4 aromatic carbocycles. The number of aliphatic hydroxyl groups excluding tert-OH is 1. The molecule has 0 saturated carbocycles. The summed E-state index contributed by atoms with van der Waals surface area (Å²) < 4.78 is 30.0. The first-order chi connectivity index (χ1) is 51.3. The molecule has 4 heterocycles. The molecule has 0 radical (unpaired) electrons. The number of thioether (sulfide) groups is 1. The molecule has 11 amide bonds. The van der Waals surface area contributed by atoms with Crippen LogP contribution in [0.1, 0.15) is 150 Å². The zero-order valence-electron chi connectivity index (χ0n) is 62.4. The second-order valence-electron chi connectivity index (χ2n) is 27.4. The van der Waals surface area contributed by atoms with Crippen molar-refractivity contribution in [3.8, 4) is 11.5 Å². The number of imidazole rings is 1. The molecular weight excluding hydrogens is 1400 g/mol. The number of aromatic hydroxyl groups is 1. The number of urea groups is 1. The zero-order chi connectivity index (χ0) is 77.5. The summed E-state index contributed by atoms with van der Waals surface area (Å²) in [5.41, 5.74) is 9.88. The first-order valence-electron chi connectivity index (χ1n) is 36.5. The van der Waals surface area contributed by atoms with Gasteiger partial charge in [-0.2, -0.15) is 0 Å². The number of ether oxygens (including phenoxy) is 5. The molecule has 8 rings (SSSR count). The van der Waals surface area contributed by atoms with E-state index in [-0.39, 0.29) is 138 Å². The van der Waals surface area contributed by atoms with Gasteiger partial charge in [0.2, 0.25) is 23.6 Å². The third kappa shape index (κ3) is 22.8. The van der Waals surface area contributed by atoms with E-state index in [1.807, 2.05) is 32.0 Å². The van der Waals surface area contributed by atoms with Crippen molar-refractivity contribution < 1.29 is 81.8 Å². The average Bonchev–Trinajstić information content (AvgIpc) is 1.71. The first kappa shape index (κ1) is 82.6. The number of phenolic OH excluding ortho intramolecular Hbond substituents is 1. The number of pyridine rings is 1. The van der Waals surface area contributed by atoms with Crippen molar-refractivity contribution in [2.45, 2.75) is 148 Å². The molecule has 2 aliphatic heterocycles. The smallest absolute Gasteiger partial charge is 0.415 e. The van der Waals surface area contributed by atoms with Crippen LogP contribution in [-0.2, 0) is 44.7 Å². The number of anilines is 3. The van der Waals surface area contributed by atoms with Gasteiger partial charge < -0.3 is 85.3 Å². The fourth-order valence-corrected chi connectivity index (χ4v) is 15.0. The van der Waals surface area contributed by atoms with Crippen molar-refractivity contribution in [3.63, 3.8) is 0 Å². The molecule has 0 bridgehead atoms. The first-order valence-corrected chi connectivity index (χ1v) is 37.4. The summed E-state index contributed by atoms with van der Waals surface area (Å²) in [6, 6.07) is 19.8. The lowest BCUT2D eigenvalue weighted by Gasteiger charge is -2.34. The van der Waals surface area contributed by atoms with E-state index < -0.39 is 71.2 Å². The van der Waals surface area contributed by atoms with Crippen molar-refractivity contribution in [1.29, 1.82) is 0 Å². The summed E-state index contributed by atoms with van der Waals surface area (Å²) in [6.07, 6.45) is 6.90. The number of benzene rings is 4. The number of aryl methyl sites for hydroxylation is 1. The van der Waals surface area contributed by atoms with Gasteiger partial charge in [-0.25, -0.2) is 24.2 Å². The summed E-state index contributed by atoms with van der Waals surface area (Å²) >= 11 is 1.61. The molecule has 2 aliphatic rings. The Balaban J connectivity index is 0.833. The normalized spacial score (nSPS) is 15.2. The van der Waals surface area contributed by atoms with Gasteiger partial charge in [-0.1, -0.05) is 98.1 Å². The highest BCUT2D eigenvalue weighted by molar-refractivity contribution is 8.02. The molecule has 578 valence electrons. The lowest BCUT2D eigenvalue weighted by molar-refractivity contribution is -0.139. The molecule has 30 heteroatoms. The number of primary amides is 1. The monoisotopic (exact) mass is 1500 g/mol. The highest BCUT2D eigenvalue weighted by atomic mass is 32.2. The topological polar surface area (TPSA) is 374 Å². The largest absolute Gasteiger partial charge is 0.508 e. The predicted octanol–water partition coefficient (Wildman–Crippen LogP) is 9.87. The number of carbonyl (C=O) groups excluding carboxylic acids is 10. The number of nitrogens with two attached hydrogens (primary N) is 1. The third-order valence-electron chi connectivity index (χ3n) is 19.1. The van der Waals surface area contributed by atoms with Crippen LogP contribution in [0.4, 0.5) is 36.2 Å². The van der Waals surface area contributed by atoms with E-state index in [2.05, 4.69) is 59.3 Å². The standard InChI is InChI=1S/C77H102N12O17S/c1-10-29-77(8,43-50(11-2)12-3)107-62-42-64(92)88(72(62)97)34-37-103-39-40-104-74(99)84-67(48(5)6)70(95)83-58(18-15-30-79-73(78)98)69(94)80-54-23-19-51(20-24-54)47-105-75(100)85(9)31-32-86(33-36-102-38-35-90)76(101)106-61-41-60-66(65-49(7)16-14-17-57(61)65)52(13-4)44-89(60)71(96)59-46-87-45-55(25-28-63(87)82-59)81-68(93)53-21-26-56(91)27-22-53/h14,16-17,19-28,41,45-46,48,50,52,58,62,67,90-91H,10-13,15,18,29-40,42-44,47H2,1-9H3,(H,80,94)(H,81,93)(H,83,95)(H,84,99)(H3,78,79,98)/t52-,58+,62?,67+,77?/m1/s1. The third-order valence-corrected chi connectivity index (χ3v) is 20.7. The highest BCUT2D eigenvalue weighted by Crippen LogP contribution is 2.48. The number of rotatable bonds is 39. The number of nitrogens with zero attached hydrogens (tertiary/aromatic N) is 6. The van der Waals surface area contributed by atoms with Gasteiger partial charge in [0.25, 0.3) is 11.8 Å². The number of nitrogens with one attached hydrogen (secondary N) is 5. The quantitative estimate of drug-likeness (QED) is 0.0131. The summed E-state index contributed by atoms with van der Waals surface area (Å²) in [5.74, 6) is -2.38. The lowest BCUT2D eigenvalue weighted by atomic mass is 9.88.